The molecule has 1 amide bonds. The zero-order valence-corrected chi connectivity index (χ0v) is 19.4. The molecule has 3 aromatic rings. The summed E-state index contributed by atoms with van der Waals surface area (Å²) in [4.78, 5) is 27.1. The molecule has 0 bridgehead atoms. The van der Waals surface area contributed by atoms with Crippen LogP contribution in [0.3, 0.4) is 0 Å². The average molecular weight is 469 g/mol. The van der Waals surface area contributed by atoms with Crippen molar-refractivity contribution in [2.75, 3.05) is 19.7 Å². The predicted molar refractivity (Wildman–Crippen MR) is 123 cm³/mol. The molecule has 1 fully saturated rings. The zero-order valence-electron chi connectivity index (χ0n) is 18.6. The third-order valence-corrected chi connectivity index (χ3v) is 7.31. The number of nitrogens with zero attached hydrogens (tertiary/aromatic N) is 4. The number of carbonyl (C=O) groups is 1. The second kappa shape index (κ2) is 9.18. The molecule has 0 spiro atoms. The van der Waals surface area contributed by atoms with E-state index in [1.54, 1.807) is 23.0 Å². The van der Waals surface area contributed by atoms with E-state index in [0.717, 1.165) is 60.3 Å². The van der Waals surface area contributed by atoms with Crippen molar-refractivity contribution in [3.63, 3.8) is 0 Å². The Labute approximate surface area is 195 Å². The van der Waals surface area contributed by atoms with Gasteiger partial charge in [0.2, 0.25) is 0 Å². The van der Waals surface area contributed by atoms with Gasteiger partial charge in [-0.2, -0.15) is 0 Å². The van der Waals surface area contributed by atoms with Crippen LogP contribution in [0.1, 0.15) is 31.7 Å². The van der Waals surface area contributed by atoms with E-state index >= 15 is 0 Å². The number of aryl methyl sites for hydroxylation is 1. The van der Waals surface area contributed by atoms with Gasteiger partial charge in [0.15, 0.2) is 16.3 Å². The van der Waals surface area contributed by atoms with Crippen molar-refractivity contribution in [2.24, 2.45) is 5.92 Å². The summed E-state index contributed by atoms with van der Waals surface area (Å²) in [6.07, 6.45) is 4.49. The topological polar surface area (TPSA) is 120 Å². The van der Waals surface area contributed by atoms with Gasteiger partial charge < -0.3 is 24.3 Å². The Morgan fingerprint density at radius 1 is 1.39 bits per heavy atom. The number of amides is 1. The van der Waals surface area contributed by atoms with Crippen LogP contribution in [0.4, 0.5) is 0 Å². The highest BCUT2D eigenvalue weighted by Gasteiger charge is 2.25. The van der Waals surface area contributed by atoms with Crippen molar-refractivity contribution < 1.29 is 14.6 Å². The molecule has 4 heterocycles. The number of ether oxygens (including phenoxy) is 1. The van der Waals surface area contributed by atoms with Gasteiger partial charge in [0.05, 0.1) is 12.9 Å². The molecule has 174 valence electrons. The summed E-state index contributed by atoms with van der Waals surface area (Å²) in [6.45, 7) is 4.39. The van der Waals surface area contributed by atoms with Crippen molar-refractivity contribution in [1.29, 1.82) is 5.41 Å². The summed E-state index contributed by atoms with van der Waals surface area (Å²) in [5.41, 5.74) is 2.79. The van der Waals surface area contributed by atoms with Gasteiger partial charge in [0.25, 0.3) is 5.91 Å². The van der Waals surface area contributed by atoms with E-state index < -0.39 is 6.10 Å². The van der Waals surface area contributed by atoms with E-state index in [1.165, 1.54) is 12.5 Å². The minimum atomic E-state index is -0.934. The number of fused-ring (bicyclic) bond motifs is 2. The highest BCUT2D eigenvalue weighted by atomic mass is 32.2. The van der Waals surface area contributed by atoms with E-state index in [4.69, 9.17) is 15.1 Å². The fourth-order valence-corrected chi connectivity index (χ4v) is 5.39. The molecular formula is C23H28N6O3S. The van der Waals surface area contributed by atoms with Crippen LogP contribution in [0.2, 0.25) is 0 Å². The van der Waals surface area contributed by atoms with E-state index in [2.05, 4.69) is 16.0 Å². The first-order chi connectivity index (χ1) is 16.0. The minimum Gasteiger partial charge on any atom is -0.493 e. The number of likely N-dealkylation sites (tertiary alicyclic amines) is 1. The third-order valence-electron chi connectivity index (χ3n) is 6.44. The molecule has 1 atom stereocenters. The van der Waals surface area contributed by atoms with Gasteiger partial charge in [-0.1, -0.05) is 11.8 Å². The number of aromatic nitrogens is 4. The van der Waals surface area contributed by atoms with Gasteiger partial charge in [-0.05, 0) is 55.9 Å². The lowest BCUT2D eigenvalue weighted by Gasteiger charge is -2.32. The van der Waals surface area contributed by atoms with Crippen molar-refractivity contribution in [1.82, 2.24) is 24.4 Å². The molecule has 0 saturated carbocycles. The van der Waals surface area contributed by atoms with Crippen LogP contribution in [0.25, 0.3) is 11.2 Å². The van der Waals surface area contributed by atoms with Crippen molar-refractivity contribution in [2.45, 2.75) is 55.3 Å². The molecule has 0 radical (unpaired) electrons. The number of benzene rings is 1. The van der Waals surface area contributed by atoms with Crippen LogP contribution in [0, 0.1) is 11.3 Å². The second-order valence-electron chi connectivity index (χ2n) is 8.73. The number of imidazole rings is 1. The molecule has 5 rings (SSSR count). The average Bonchev–Trinajstić information content (AvgIpc) is 3.46. The largest absolute Gasteiger partial charge is 0.493 e. The Balaban J connectivity index is 1.27. The Morgan fingerprint density at radius 2 is 2.21 bits per heavy atom. The van der Waals surface area contributed by atoms with Crippen molar-refractivity contribution in [3.05, 3.63) is 35.6 Å². The molecule has 1 aromatic carbocycles. The Morgan fingerprint density at radius 3 is 3.00 bits per heavy atom. The van der Waals surface area contributed by atoms with Gasteiger partial charge in [-0.15, -0.1) is 0 Å². The minimum absolute atomic E-state index is 0.183. The normalized spacial score (nSPS) is 17.2. The van der Waals surface area contributed by atoms with Gasteiger partial charge in [-0.3, -0.25) is 10.2 Å². The number of piperidine rings is 1. The standard InChI is InChI=1S/C23H28N6O3S/c1-14(30)22(31)28-8-4-15(5-9-28)6-10-29-13-25-20(24)19-21(29)27-23(26-19)33-17-2-3-18-16(12-17)7-11-32-18/h2-3,12-15,24,30H,4-11H2,1H3,(H,26,27)/t14-/m0/s1. The molecule has 0 aliphatic carbocycles. The number of H-pyrrole nitrogens is 1. The molecule has 2 aliphatic rings. The number of aliphatic hydroxyl groups excluding tert-OH is 1. The van der Waals surface area contributed by atoms with E-state index in [9.17, 15) is 9.90 Å². The smallest absolute Gasteiger partial charge is 0.251 e. The number of aromatic amines is 1. The number of aliphatic hydroxyl groups is 1. The molecule has 1 saturated heterocycles. The first-order valence-electron chi connectivity index (χ1n) is 11.4. The van der Waals surface area contributed by atoms with Gasteiger partial charge in [0, 0.05) is 31.0 Å². The van der Waals surface area contributed by atoms with Crippen LogP contribution >= 0.6 is 11.8 Å². The third kappa shape index (κ3) is 4.63. The van der Waals surface area contributed by atoms with Crippen LogP contribution in [0.15, 0.2) is 34.6 Å². The quantitative estimate of drug-likeness (QED) is 0.511. The monoisotopic (exact) mass is 468 g/mol. The lowest BCUT2D eigenvalue weighted by atomic mass is 9.93. The Bertz CT molecular complexity index is 1230. The Hall–Kier alpha value is -2.85. The van der Waals surface area contributed by atoms with Gasteiger partial charge in [-0.25, -0.2) is 9.97 Å². The van der Waals surface area contributed by atoms with E-state index in [1.807, 2.05) is 16.7 Å². The number of hydrogen-bond acceptors (Lipinski definition) is 7. The summed E-state index contributed by atoms with van der Waals surface area (Å²) in [5, 5.41) is 18.5. The predicted octanol–water partition coefficient (Wildman–Crippen LogP) is 2.33. The van der Waals surface area contributed by atoms with Gasteiger partial charge in [0.1, 0.15) is 17.4 Å². The summed E-state index contributed by atoms with van der Waals surface area (Å²) in [5.74, 6) is 1.28. The Kier molecular flexibility index (Phi) is 6.11. The summed E-state index contributed by atoms with van der Waals surface area (Å²) in [7, 11) is 0. The van der Waals surface area contributed by atoms with E-state index in [-0.39, 0.29) is 11.4 Å². The van der Waals surface area contributed by atoms with Crippen LogP contribution in [0.5, 0.6) is 5.75 Å². The van der Waals surface area contributed by atoms with Gasteiger partial charge >= 0.3 is 0 Å². The fourth-order valence-electron chi connectivity index (χ4n) is 4.54. The molecule has 9 nitrogen and oxygen atoms in total. The summed E-state index contributed by atoms with van der Waals surface area (Å²) < 4.78 is 7.60. The number of hydrogen-bond donors (Lipinski definition) is 3. The molecule has 3 N–H and O–H groups in total. The maximum Gasteiger partial charge on any atom is 0.251 e. The maximum absolute atomic E-state index is 12.0. The molecular weight excluding hydrogens is 440 g/mol. The fraction of sp³-hybridized carbons (Fsp3) is 0.478. The lowest BCUT2D eigenvalue weighted by Crippen LogP contribution is -2.43. The van der Waals surface area contributed by atoms with Crippen LogP contribution < -0.4 is 10.2 Å². The first-order valence-corrected chi connectivity index (χ1v) is 12.2. The number of rotatable bonds is 6. The van der Waals surface area contributed by atoms with Crippen LogP contribution in [-0.4, -0.2) is 61.2 Å². The first kappa shape index (κ1) is 22.0. The van der Waals surface area contributed by atoms with Crippen LogP contribution in [-0.2, 0) is 17.8 Å². The van der Waals surface area contributed by atoms with Crippen molar-refractivity contribution >= 4 is 28.8 Å². The van der Waals surface area contributed by atoms with Crippen molar-refractivity contribution in [3.8, 4) is 5.75 Å². The molecule has 10 heteroatoms. The highest BCUT2D eigenvalue weighted by Crippen LogP contribution is 2.33. The van der Waals surface area contributed by atoms with E-state index in [0.29, 0.717) is 24.5 Å². The summed E-state index contributed by atoms with van der Waals surface area (Å²) in [6, 6.07) is 6.18. The molecule has 0 unspecified atom stereocenters. The number of nitrogens with one attached hydrogen (secondary N) is 2. The zero-order chi connectivity index (χ0) is 22.9. The highest BCUT2D eigenvalue weighted by molar-refractivity contribution is 7.99. The molecule has 33 heavy (non-hydrogen) atoms. The lowest BCUT2D eigenvalue weighted by molar-refractivity contribution is -0.140. The molecule has 2 aliphatic heterocycles. The second-order valence-corrected chi connectivity index (χ2v) is 9.79. The SMILES string of the molecule is C[C@H](O)C(=O)N1CCC(CCn2cnc(=N)c3[nH]c(Sc4ccc5c(c4)CCO5)nc32)CC1. The molecule has 2 aromatic heterocycles. The summed E-state index contributed by atoms with van der Waals surface area (Å²) >= 11 is 1.54. The number of carbonyl (C=O) groups excluding carboxylic acids is 1. The maximum atomic E-state index is 12.0.